The van der Waals surface area contributed by atoms with Crippen LogP contribution in [0.1, 0.15) is 28.9 Å². The lowest BCUT2D eigenvalue weighted by atomic mass is 9.90. The summed E-state index contributed by atoms with van der Waals surface area (Å²) in [6.45, 7) is 2.74. The highest BCUT2D eigenvalue weighted by molar-refractivity contribution is 5.92. The molecule has 1 aromatic heterocycles. The molecule has 160 valence electrons. The van der Waals surface area contributed by atoms with E-state index in [1.54, 1.807) is 6.07 Å². The molecule has 4 rings (SSSR count). The minimum absolute atomic E-state index is 0.239. The molecule has 0 spiro atoms. The molecule has 1 fully saturated rings. The first-order chi connectivity index (χ1) is 15.3. The zero-order chi connectivity index (χ0) is 21.3. The number of rotatable bonds is 8. The number of benzene rings is 2. The topological polar surface area (TPSA) is 67.3 Å². The molecule has 2 aromatic carbocycles. The maximum Gasteiger partial charge on any atom is 0.271 e. The Bertz CT molecular complexity index is 940. The number of hydrogen-bond acceptors (Lipinski definition) is 5. The first-order valence-corrected chi connectivity index (χ1v) is 10.9. The van der Waals surface area contributed by atoms with Crippen molar-refractivity contribution in [3.8, 4) is 5.75 Å². The molecule has 0 radical (unpaired) electrons. The van der Waals surface area contributed by atoms with E-state index in [1.807, 2.05) is 36.4 Å². The predicted octanol–water partition coefficient (Wildman–Crippen LogP) is 3.74. The van der Waals surface area contributed by atoms with Crippen LogP contribution in [0.3, 0.4) is 0 Å². The SMILES string of the molecule is O=C(NCCOc1ccccc1)c1ccc(N2CCC(Cc3ccccc3)CC2)nn1. The first-order valence-electron chi connectivity index (χ1n) is 10.9. The lowest BCUT2D eigenvalue weighted by Crippen LogP contribution is -2.35. The third kappa shape index (κ3) is 6.04. The summed E-state index contributed by atoms with van der Waals surface area (Å²) < 4.78 is 5.58. The van der Waals surface area contributed by atoms with E-state index in [1.165, 1.54) is 5.56 Å². The zero-order valence-corrected chi connectivity index (χ0v) is 17.6. The standard InChI is InChI=1S/C25H28N4O2/c30-25(26-15-18-31-22-9-5-2-6-10-22)23-11-12-24(28-27-23)29-16-13-21(14-17-29)19-20-7-3-1-4-8-20/h1-12,21H,13-19H2,(H,26,30). The fraction of sp³-hybridized carbons (Fsp3) is 0.320. The van der Waals surface area contributed by atoms with Crippen LogP contribution < -0.4 is 15.0 Å². The normalized spacial score (nSPS) is 14.3. The second-order valence-electron chi connectivity index (χ2n) is 7.81. The van der Waals surface area contributed by atoms with Crippen molar-refractivity contribution in [3.63, 3.8) is 0 Å². The molecule has 1 saturated heterocycles. The Morgan fingerprint density at radius 3 is 2.32 bits per heavy atom. The van der Waals surface area contributed by atoms with Gasteiger partial charge in [-0.05, 0) is 55.0 Å². The van der Waals surface area contributed by atoms with Gasteiger partial charge in [0.1, 0.15) is 12.4 Å². The highest BCUT2D eigenvalue weighted by Crippen LogP contribution is 2.24. The Balaban J connectivity index is 1.20. The average molecular weight is 417 g/mol. The van der Waals surface area contributed by atoms with Crippen LogP contribution in [0, 0.1) is 5.92 Å². The third-order valence-electron chi connectivity index (χ3n) is 5.59. The zero-order valence-electron chi connectivity index (χ0n) is 17.6. The van der Waals surface area contributed by atoms with Crippen LogP contribution in [-0.2, 0) is 6.42 Å². The highest BCUT2D eigenvalue weighted by atomic mass is 16.5. The molecule has 31 heavy (non-hydrogen) atoms. The number of nitrogens with one attached hydrogen (secondary N) is 1. The first kappa shape index (κ1) is 20.8. The van der Waals surface area contributed by atoms with Gasteiger partial charge in [-0.2, -0.15) is 0 Å². The van der Waals surface area contributed by atoms with E-state index in [0.717, 1.165) is 43.9 Å². The Kier molecular flexibility index (Phi) is 7.11. The van der Waals surface area contributed by atoms with Crippen LogP contribution in [0.25, 0.3) is 0 Å². The van der Waals surface area contributed by atoms with E-state index in [4.69, 9.17) is 4.74 Å². The van der Waals surface area contributed by atoms with Crippen LogP contribution in [0.4, 0.5) is 5.82 Å². The summed E-state index contributed by atoms with van der Waals surface area (Å²) in [7, 11) is 0. The number of amides is 1. The van der Waals surface area contributed by atoms with E-state index in [2.05, 4.69) is 50.7 Å². The number of nitrogens with zero attached hydrogens (tertiary/aromatic N) is 3. The Morgan fingerprint density at radius 1 is 0.935 bits per heavy atom. The Labute approximate surface area is 183 Å². The number of carbonyl (C=O) groups is 1. The van der Waals surface area contributed by atoms with Gasteiger partial charge in [0.25, 0.3) is 5.91 Å². The Hall–Kier alpha value is -3.41. The van der Waals surface area contributed by atoms with Crippen molar-refractivity contribution in [3.05, 3.63) is 84.1 Å². The quantitative estimate of drug-likeness (QED) is 0.567. The second kappa shape index (κ2) is 10.6. The third-order valence-corrected chi connectivity index (χ3v) is 5.59. The number of carbonyl (C=O) groups excluding carboxylic acids is 1. The van der Waals surface area contributed by atoms with Crippen molar-refractivity contribution in [2.24, 2.45) is 5.92 Å². The summed E-state index contributed by atoms with van der Waals surface area (Å²) in [5.74, 6) is 2.09. The van der Waals surface area contributed by atoms with Gasteiger partial charge >= 0.3 is 0 Å². The number of anilines is 1. The molecular formula is C25H28N4O2. The van der Waals surface area contributed by atoms with E-state index < -0.39 is 0 Å². The van der Waals surface area contributed by atoms with Gasteiger partial charge in [-0.15, -0.1) is 10.2 Å². The number of para-hydroxylation sites is 1. The van der Waals surface area contributed by atoms with Gasteiger partial charge in [-0.25, -0.2) is 0 Å². The average Bonchev–Trinajstić information content (AvgIpc) is 2.84. The van der Waals surface area contributed by atoms with E-state index in [0.29, 0.717) is 24.8 Å². The van der Waals surface area contributed by atoms with Gasteiger partial charge in [-0.3, -0.25) is 4.79 Å². The highest BCUT2D eigenvalue weighted by Gasteiger charge is 2.21. The molecule has 1 amide bonds. The molecular weight excluding hydrogens is 388 g/mol. The van der Waals surface area contributed by atoms with Crippen LogP contribution in [0.5, 0.6) is 5.75 Å². The van der Waals surface area contributed by atoms with Gasteiger partial charge in [0, 0.05) is 13.1 Å². The van der Waals surface area contributed by atoms with Crippen LogP contribution in [0.2, 0.25) is 0 Å². The summed E-state index contributed by atoms with van der Waals surface area (Å²) in [4.78, 5) is 14.5. The van der Waals surface area contributed by atoms with Crippen molar-refractivity contribution >= 4 is 11.7 Å². The summed E-state index contributed by atoms with van der Waals surface area (Å²) in [6, 6.07) is 23.8. The number of ether oxygens (including phenoxy) is 1. The molecule has 0 saturated carbocycles. The number of aromatic nitrogens is 2. The van der Waals surface area contributed by atoms with Crippen molar-refractivity contribution in [2.75, 3.05) is 31.1 Å². The molecule has 6 nitrogen and oxygen atoms in total. The van der Waals surface area contributed by atoms with Gasteiger partial charge < -0.3 is 15.0 Å². The van der Waals surface area contributed by atoms with E-state index in [-0.39, 0.29) is 5.91 Å². The number of piperidine rings is 1. The second-order valence-corrected chi connectivity index (χ2v) is 7.81. The summed E-state index contributed by atoms with van der Waals surface area (Å²) in [6.07, 6.45) is 3.41. The van der Waals surface area contributed by atoms with Crippen molar-refractivity contribution in [1.82, 2.24) is 15.5 Å². The predicted molar refractivity (Wildman–Crippen MR) is 121 cm³/mol. The fourth-order valence-corrected chi connectivity index (χ4v) is 3.87. The molecule has 1 aliphatic heterocycles. The molecule has 1 N–H and O–H groups in total. The summed E-state index contributed by atoms with van der Waals surface area (Å²) >= 11 is 0. The van der Waals surface area contributed by atoms with E-state index >= 15 is 0 Å². The Morgan fingerprint density at radius 2 is 1.65 bits per heavy atom. The molecule has 0 bridgehead atoms. The summed E-state index contributed by atoms with van der Waals surface area (Å²) in [5, 5.41) is 11.2. The van der Waals surface area contributed by atoms with Crippen LogP contribution in [0.15, 0.2) is 72.8 Å². The lowest BCUT2D eigenvalue weighted by molar-refractivity contribution is 0.0941. The molecule has 2 heterocycles. The molecule has 0 unspecified atom stereocenters. The van der Waals surface area contributed by atoms with Crippen molar-refractivity contribution in [1.29, 1.82) is 0 Å². The fourth-order valence-electron chi connectivity index (χ4n) is 3.87. The van der Waals surface area contributed by atoms with Gasteiger partial charge in [0.2, 0.25) is 0 Å². The monoisotopic (exact) mass is 416 g/mol. The molecule has 3 aromatic rings. The van der Waals surface area contributed by atoms with E-state index in [9.17, 15) is 4.79 Å². The minimum atomic E-state index is -0.239. The van der Waals surface area contributed by atoms with Gasteiger partial charge in [0.15, 0.2) is 11.5 Å². The molecule has 0 atom stereocenters. The number of hydrogen-bond donors (Lipinski definition) is 1. The van der Waals surface area contributed by atoms with Crippen LogP contribution in [-0.4, -0.2) is 42.3 Å². The molecule has 1 aliphatic rings. The van der Waals surface area contributed by atoms with Crippen LogP contribution >= 0.6 is 0 Å². The van der Waals surface area contributed by atoms with Crippen molar-refractivity contribution < 1.29 is 9.53 Å². The maximum absolute atomic E-state index is 12.3. The lowest BCUT2D eigenvalue weighted by Gasteiger charge is -2.32. The smallest absolute Gasteiger partial charge is 0.271 e. The van der Waals surface area contributed by atoms with Gasteiger partial charge in [0.05, 0.1) is 6.54 Å². The van der Waals surface area contributed by atoms with Crippen molar-refractivity contribution in [2.45, 2.75) is 19.3 Å². The maximum atomic E-state index is 12.3. The van der Waals surface area contributed by atoms with Gasteiger partial charge in [-0.1, -0.05) is 48.5 Å². The minimum Gasteiger partial charge on any atom is -0.492 e. The largest absolute Gasteiger partial charge is 0.492 e. The summed E-state index contributed by atoms with van der Waals surface area (Å²) in [5.41, 5.74) is 1.73. The molecule has 6 heteroatoms. The molecule has 0 aliphatic carbocycles.